The summed E-state index contributed by atoms with van der Waals surface area (Å²) in [7, 11) is -2.82. The number of benzene rings is 1. The fourth-order valence-electron chi connectivity index (χ4n) is 3.09. The van der Waals surface area contributed by atoms with Crippen LogP contribution in [0.3, 0.4) is 0 Å². The van der Waals surface area contributed by atoms with Gasteiger partial charge in [0.1, 0.15) is 11.5 Å². The van der Waals surface area contributed by atoms with Crippen molar-refractivity contribution in [2.45, 2.75) is 32.8 Å². The summed E-state index contributed by atoms with van der Waals surface area (Å²) in [5.74, 6) is 0.751. The molecular formula is C21H27N3O6S. The van der Waals surface area contributed by atoms with Gasteiger partial charge >= 0.3 is 0 Å². The maximum atomic E-state index is 13.3. The summed E-state index contributed by atoms with van der Waals surface area (Å²) < 4.78 is 33.6. The summed E-state index contributed by atoms with van der Waals surface area (Å²) >= 11 is 0. The van der Waals surface area contributed by atoms with E-state index in [2.05, 4.69) is 9.35 Å². The molecule has 0 aliphatic carbocycles. The number of carbonyl (C=O) groups excluding carboxylic acids is 2. The zero-order chi connectivity index (χ0) is 22.5. The Morgan fingerprint density at radius 2 is 1.90 bits per heavy atom. The molecule has 1 saturated heterocycles. The van der Waals surface area contributed by atoms with Gasteiger partial charge in [0, 0.05) is 24.6 Å². The van der Waals surface area contributed by atoms with Crippen molar-refractivity contribution in [1.29, 1.82) is 0 Å². The minimum atomic E-state index is -2.82. The summed E-state index contributed by atoms with van der Waals surface area (Å²) in [6.45, 7) is 6.26. The van der Waals surface area contributed by atoms with E-state index in [-0.39, 0.29) is 29.7 Å². The number of oxazole rings is 1. The fourth-order valence-corrected chi connectivity index (χ4v) is 5.08. The van der Waals surface area contributed by atoms with Gasteiger partial charge in [0.25, 0.3) is 11.8 Å². The molecule has 0 saturated carbocycles. The van der Waals surface area contributed by atoms with Gasteiger partial charge in [-0.15, -0.1) is 0 Å². The molecule has 1 aliphatic rings. The number of ether oxygens (including phenoxy) is 2. The van der Waals surface area contributed by atoms with Crippen LogP contribution in [0.15, 0.2) is 45.6 Å². The van der Waals surface area contributed by atoms with Crippen molar-refractivity contribution in [2.24, 2.45) is 4.36 Å². The molecular weight excluding hydrogens is 422 g/mol. The Bertz CT molecular complexity index is 1020. The summed E-state index contributed by atoms with van der Waals surface area (Å²) in [5.41, 5.74) is -1.29. The third-order valence-corrected chi connectivity index (χ3v) is 7.02. The van der Waals surface area contributed by atoms with E-state index in [0.29, 0.717) is 31.1 Å². The average molecular weight is 450 g/mol. The van der Waals surface area contributed by atoms with E-state index in [1.807, 2.05) is 6.92 Å². The largest absolute Gasteiger partial charge is 0.494 e. The second-order valence-corrected chi connectivity index (χ2v) is 10.1. The Balaban J connectivity index is 1.68. The maximum Gasteiger partial charge on any atom is 0.297 e. The molecule has 1 aromatic heterocycles. The molecule has 0 N–H and O–H groups in total. The number of hydrogen-bond donors (Lipinski definition) is 0. The molecule has 1 aromatic carbocycles. The van der Waals surface area contributed by atoms with Crippen molar-refractivity contribution in [1.82, 2.24) is 9.88 Å². The zero-order valence-corrected chi connectivity index (χ0v) is 18.7. The number of carbonyl (C=O) groups is 2. The van der Waals surface area contributed by atoms with Gasteiger partial charge in [-0.3, -0.25) is 9.59 Å². The van der Waals surface area contributed by atoms with Crippen LogP contribution in [0.5, 0.6) is 11.5 Å². The molecule has 9 nitrogen and oxygen atoms in total. The van der Waals surface area contributed by atoms with Crippen LogP contribution >= 0.6 is 0 Å². The van der Waals surface area contributed by atoms with E-state index in [1.165, 1.54) is 12.6 Å². The average Bonchev–Trinajstić information content (AvgIpc) is 3.19. The first kappa shape index (κ1) is 22.8. The third-order valence-electron chi connectivity index (χ3n) is 4.77. The van der Waals surface area contributed by atoms with Crippen molar-refractivity contribution in [3.63, 3.8) is 0 Å². The van der Waals surface area contributed by atoms with Crippen molar-refractivity contribution in [3.8, 4) is 11.5 Å². The number of amides is 2. The van der Waals surface area contributed by atoms with Gasteiger partial charge in [-0.05, 0) is 51.5 Å². The van der Waals surface area contributed by atoms with Crippen LogP contribution in [0.1, 0.15) is 37.7 Å². The first-order valence-corrected chi connectivity index (χ1v) is 11.9. The van der Waals surface area contributed by atoms with Gasteiger partial charge in [0.05, 0.1) is 22.5 Å². The maximum absolute atomic E-state index is 13.3. The van der Waals surface area contributed by atoms with Crippen LogP contribution in [0.25, 0.3) is 0 Å². The summed E-state index contributed by atoms with van der Waals surface area (Å²) in [6, 6.07) is 6.92. The number of hydrogen-bond acceptors (Lipinski definition) is 7. The molecule has 0 bridgehead atoms. The number of rotatable bonds is 6. The molecule has 10 heteroatoms. The standard InChI is InChI=1S/C21H27N3O6S/c1-4-28-16-6-8-17(9-7-16)30-21(2,3)20(26)23-31(27)12-5-10-24(11-13-31)19(25)18-14-22-15-29-18/h6-9,14-15H,4-5,10-13H2,1-3H3. The van der Waals surface area contributed by atoms with E-state index < -0.39 is 21.2 Å². The monoisotopic (exact) mass is 449 g/mol. The Morgan fingerprint density at radius 1 is 1.19 bits per heavy atom. The minimum absolute atomic E-state index is 0.109. The van der Waals surface area contributed by atoms with Gasteiger partial charge in [-0.2, -0.15) is 4.36 Å². The van der Waals surface area contributed by atoms with E-state index in [1.54, 1.807) is 43.0 Å². The molecule has 168 valence electrons. The van der Waals surface area contributed by atoms with Gasteiger partial charge in [-0.25, -0.2) is 9.19 Å². The topological polar surface area (TPSA) is 111 Å². The van der Waals surface area contributed by atoms with Gasteiger partial charge < -0.3 is 18.8 Å². The zero-order valence-electron chi connectivity index (χ0n) is 17.9. The summed E-state index contributed by atoms with van der Waals surface area (Å²) in [6.07, 6.45) is 3.00. The smallest absolute Gasteiger partial charge is 0.297 e. The normalized spacial score (nSPS) is 19.4. The predicted octanol–water partition coefficient (Wildman–Crippen LogP) is 2.77. The first-order chi connectivity index (χ1) is 14.7. The van der Waals surface area contributed by atoms with E-state index in [9.17, 15) is 13.8 Å². The molecule has 2 amide bonds. The summed E-state index contributed by atoms with van der Waals surface area (Å²) in [5, 5.41) is 0. The highest BCUT2D eigenvalue weighted by molar-refractivity contribution is 7.93. The summed E-state index contributed by atoms with van der Waals surface area (Å²) in [4.78, 5) is 30.6. The lowest BCUT2D eigenvalue weighted by Gasteiger charge is -2.23. The molecule has 1 fully saturated rings. The minimum Gasteiger partial charge on any atom is -0.494 e. The van der Waals surface area contributed by atoms with Crippen LogP contribution in [0.2, 0.25) is 0 Å². The van der Waals surface area contributed by atoms with E-state index >= 15 is 0 Å². The third kappa shape index (κ3) is 5.84. The molecule has 1 atom stereocenters. The van der Waals surface area contributed by atoms with Crippen molar-refractivity contribution >= 4 is 21.5 Å². The number of nitrogens with zero attached hydrogens (tertiary/aromatic N) is 3. The van der Waals surface area contributed by atoms with Crippen molar-refractivity contribution in [3.05, 3.63) is 42.6 Å². The highest BCUT2D eigenvalue weighted by Crippen LogP contribution is 2.23. The van der Waals surface area contributed by atoms with Crippen LogP contribution in [-0.4, -0.2) is 62.7 Å². The second-order valence-electron chi connectivity index (χ2n) is 7.61. The van der Waals surface area contributed by atoms with E-state index in [4.69, 9.17) is 13.9 Å². The lowest BCUT2D eigenvalue weighted by Crippen LogP contribution is -2.38. The van der Waals surface area contributed by atoms with Crippen molar-refractivity contribution < 1.29 is 27.7 Å². The van der Waals surface area contributed by atoms with Crippen molar-refractivity contribution in [2.75, 3.05) is 31.2 Å². The Kier molecular flexibility index (Phi) is 6.99. The Morgan fingerprint density at radius 3 is 2.55 bits per heavy atom. The molecule has 3 rings (SSSR count). The highest BCUT2D eigenvalue weighted by atomic mass is 32.2. The van der Waals surface area contributed by atoms with Crippen LogP contribution in [0, 0.1) is 0 Å². The lowest BCUT2D eigenvalue weighted by atomic mass is 10.1. The van der Waals surface area contributed by atoms with E-state index in [0.717, 1.165) is 0 Å². The van der Waals surface area contributed by atoms with Crippen LogP contribution in [0.4, 0.5) is 0 Å². The highest BCUT2D eigenvalue weighted by Gasteiger charge is 2.32. The fraction of sp³-hybridized carbons (Fsp3) is 0.476. The molecule has 31 heavy (non-hydrogen) atoms. The number of aromatic nitrogens is 1. The van der Waals surface area contributed by atoms with Gasteiger partial charge in [0.2, 0.25) is 5.76 Å². The molecule has 2 aromatic rings. The molecule has 1 unspecified atom stereocenters. The molecule has 2 heterocycles. The van der Waals surface area contributed by atoms with Crippen LogP contribution in [-0.2, 0) is 14.5 Å². The van der Waals surface area contributed by atoms with Gasteiger partial charge in [-0.1, -0.05) is 0 Å². The lowest BCUT2D eigenvalue weighted by molar-refractivity contribution is -0.130. The first-order valence-electron chi connectivity index (χ1n) is 10.1. The molecule has 0 spiro atoms. The van der Waals surface area contributed by atoms with Gasteiger partial charge in [0.15, 0.2) is 12.0 Å². The SMILES string of the molecule is CCOc1ccc(OC(C)(C)C(=O)N=S2(=O)CCCN(C(=O)c3cnco3)CC2)cc1. The Hall–Kier alpha value is -2.88. The molecule has 0 radical (unpaired) electrons. The predicted molar refractivity (Wildman–Crippen MR) is 115 cm³/mol. The quantitative estimate of drug-likeness (QED) is 0.667. The second kappa shape index (κ2) is 9.51. The van der Waals surface area contributed by atoms with Crippen LogP contribution < -0.4 is 9.47 Å². The Labute approximate surface area is 181 Å². The molecule has 1 aliphatic heterocycles.